The van der Waals surface area contributed by atoms with Gasteiger partial charge in [0, 0.05) is 24.9 Å². The van der Waals surface area contributed by atoms with Gasteiger partial charge in [-0.25, -0.2) is 13.2 Å². The van der Waals surface area contributed by atoms with Gasteiger partial charge in [0.15, 0.2) is 17.6 Å². The molecule has 1 saturated heterocycles. The predicted octanol–water partition coefficient (Wildman–Crippen LogP) is 2.01. The van der Waals surface area contributed by atoms with E-state index in [-0.39, 0.29) is 16.4 Å². The van der Waals surface area contributed by atoms with Crippen molar-refractivity contribution in [1.29, 1.82) is 0 Å². The van der Waals surface area contributed by atoms with Gasteiger partial charge < -0.3 is 24.6 Å². The van der Waals surface area contributed by atoms with E-state index >= 15 is 0 Å². The summed E-state index contributed by atoms with van der Waals surface area (Å²) in [5, 5.41) is 12.2. The third-order valence-corrected chi connectivity index (χ3v) is 6.92. The molecule has 2 N–H and O–H groups in total. The van der Waals surface area contributed by atoms with Gasteiger partial charge >= 0.3 is 5.97 Å². The average Bonchev–Trinajstić information content (AvgIpc) is 2.84. The van der Waals surface area contributed by atoms with Crippen LogP contribution in [-0.2, 0) is 29.1 Å². The second-order valence-electron chi connectivity index (χ2n) is 7.37. The highest BCUT2D eigenvalue weighted by Gasteiger charge is 2.26. The number of carbonyl (C=O) groups excluding carboxylic acids is 2. The molecule has 34 heavy (non-hydrogen) atoms. The van der Waals surface area contributed by atoms with E-state index in [0.29, 0.717) is 37.6 Å². The van der Waals surface area contributed by atoms with Crippen LogP contribution >= 0.6 is 0 Å². The molecular weight excluding hydrogens is 464 g/mol. The van der Waals surface area contributed by atoms with Crippen LogP contribution in [0.2, 0.25) is 0 Å². The van der Waals surface area contributed by atoms with E-state index in [9.17, 15) is 23.1 Å². The van der Waals surface area contributed by atoms with E-state index in [4.69, 9.17) is 14.2 Å². The van der Waals surface area contributed by atoms with Crippen molar-refractivity contribution in [3.8, 4) is 11.5 Å². The Morgan fingerprint density at radius 3 is 2.47 bits per heavy atom. The lowest BCUT2D eigenvalue weighted by atomic mass is 10.2. The average molecular weight is 491 g/mol. The quantitative estimate of drug-likeness (QED) is 0.424. The molecule has 1 aliphatic rings. The fourth-order valence-corrected chi connectivity index (χ4v) is 4.53. The van der Waals surface area contributed by atoms with Gasteiger partial charge in [0.25, 0.3) is 5.91 Å². The third-order valence-electron chi connectivity index (χ3n) is 5.01. The highest BCUT2D eigenvalue weighted by molar-refractivity contribution is 7.89. The number of morpholine rings is 1. The summed E-state index contributed by atoms with van der Waals surface area (Å²) >= 11 is 0. The predicted molar refractivity (Wildman–Crippen MR) is 124 cm³/mol. The zero-order valence-corrected chi connectivity index (χ0v) is 19.6. The maximum atomic E-state index is 12.7. The first kappa shape index (κ1) is 25.2. The second kappa shape index (κ2) is 11.1. The summed E-state index contributed by atoms with van der Waals surface area (Å²) in [6.07, 6.45) is 1.52. The molecule has 0 saturated carbocycles. The van der Waals surface area contributed by atoms with E-state index in [1.54, 1.807) is 6.07 Å². The van der Waals surface area contributed by atoms with Crippen molar-refractivity contribution in [2.75, 3.05) is 38.7 Å². The van der Waals surface area contributed by atoms with E-state index in [1.165, 1.54) is 60.8 Å². The highest BCUT2D eigenvalue weighted by atomic mass is 32.2. The SMILES string of the molecule is COc1cc(/C=C/C(=O)OC(C)C(=O)Nc2ccc(S(=O)(=O)N3CCOCC3)cc2)ccc1O. The highest BCUT2D eigenvalue weighted by Crippen LogP contribution is 2.26. The molecule has 0 bridgehead atoms. The van der Waals surface area contributed by atoms with Crippen LogP contribution in [0.1, 0.15) is 12.5 Å². The van der Waals surface area contributed by atoms with Crippen molar-refractivity contribution >= 4 is 33.7 Å². The second-order valence-corrected chi connectivity index (χ2v) is 9.31. The Morgan fingerprint density at radius 2 is 1.82 bits per heavy atom. The molecular formula is C23H26N2O8S. The number of aromatic hydroxyl groups is 1. The summed E-state index contributed by atoms with van der Waals surface area (Å²) in [4.78, 5) is 24.5. The van der Waals surface area contributed by atoms with Gasteiger partial charge in [0.1, 0.15) is 0 Å². The Hall–Kier alpha value is -3.41. The number of ether oxygens (including phenoxy) is 3. The van der Waals surface area contributed by atoms with E-state index in [0.717, 1.165) is 6.08 Å². The van der Waals surface area contributed by atoms with Crippen molar-refractivity contribution < 1.29 is 37.3 Å². The number of esters is 1. The maximum Gasteiger partial charge on any atom is 0.331 e. The van der Waals surface area contributed by atoms with Gasteiger partial charge in [-0.05, 0) is 55.0 Å². The van der Waals surface area contributed by atoms with Crippen molar-refractivity contribution in [3.05, 3.63) is 54.1 Å². The first-order valence-corrected chi connectivity index (χ1v) is 11.9. The zero-order valence-electron chi connectivity index (χ0n) is 18.8. The van der Waals surface area contributed by atoms with Crippen LogP contribution in [0.3, 0.4) is 0 Å². The van der Waals surface area contributed by atoms with Crippen LogP contribution in [0.25, 0.3) is 6.08 Å². The van der Waals surface area contributed by atoms with Crippen molar-refractivity contribution in [3.63, 3.8) is 0 Å². The molecule has 2 aromatic carbocycles. The molecule has 1 aliphatic heterocycles. The van der Waals surface area contributed by atoms with Crippen LogP contribution in [0.4, 0.5) is 5.69 Å². The monoisotopic (exact) mass is 490 g/mol. The molecule has 0 spiro atoms. The van der Waals surface area contributed by atoms with Crippen molar-refractivity contribution in [2.45, 2.75) is 17.9 Å². The molecule has 1 unspecified atom stereocenters. The Labute approximate surface area is 197 Å². The molecule has 182 valence electrons. The molecule has 1 heterocycles. The minimum Gasteiger partial charge on any atom is -0.504 e. The number of nitrogens with one attached hydrogen (secondary N) is 1. The number of hydrogen-bond donors (Lipinski definition) is 2. The van der Waals surface area contributed by atoms with E-state index < -0.39 is 28.0 Å². The summed E-state index contributed by atoms with van der Waals surface area (Å²) in [5.74, 6) is -1.08. The van der Waals surface area contributed by atoms with Crippen LogP contribution in [0.15, 0.2) is 53.4 Å². The van der Waals surface area contributed by atoms with Gasteiger partial charge in [-0.1, -0.05) is 6.07 Å². The lowest BCUT2D eigenvalue weighted by Crippen LogP contribution is -2.40. The molecule has 10 nitrogen and oxygen atoms in total. The van der Waals surface area contributed by atoms with Crippen molar-refractivity contribution in [1.82, 2.24) is 4.31 Å². The Morgan fingerprint density at radius 1 is 1.15 bits per heavy atom. The number of rotatable bonds is 8. The van der Waals surface area contributed by atoms with Crippen LogP contribution < -0.4 is 10.1 Å². The summed E-state index contributed by atoms with van der Waals surface area (Å²) in [6.45, 7) is 2.70. The molecule has 2 aromatic rings. The van der Waals surface area contributed by atoms with Crippen LogP contribution in [0.5, 0.6) is 11.5 Å². The van der Waals surface area contributed by atoms with Crippen LogP contribution in [-0.4, -0.2) is 69.2 Å². The molecule has 3 rings (SSSR count). The summed E-state index contributed by atoms with van der Waals surface area (Å²) in [6, 6.07) is 10.3. The first-order valence-electron chi connectivity index (χ1n) is 10.5. The number of phenols is 1. The lowest BCUT2D eigenvalue weighted by Gasteiger charge is -2.26. The molecule has 0 radical (unpaired) electrons. The fourth-order valence-electron chi connectivity index (χ4n) is 3.12. The fraction of sp³-hybridized carbons (Fsp3) is 0.304. The summed E-state index contributed by atoms with van der Waals surface area (Å²) in [5.41, 5.74) is 0.955. The number of benzene rings is 2. The maximum absolute atomic E-state index is 12.7. The summed E-state index contributed by atoms with van der Waals surface area (Å²) < 4.78 is 42.0. The number of sulfonamides is 1. The molecule has 0 aromatic heterocycles. The van der Waals surface area contributed by atoms with E-state index in [1.807, 2.05) is 0 Å². The van der Waals surface area contributed by atoms with Gasteiger partial charge in [-0.3, -0.25) is 4.79 Å². The van der Waals surface area contributed by atoms with Crippen molar-refractivity contribution in [2.24, 2.45) is 0 Å². The summed E-state index contributed by atoms with van der Waals surface area (Å²) in [7, 11) is -2.22. The molecule has 0 aliphatic carbocycles. The molecule has 1 atom stereocenters. The third kappa shape index (κ3) is 6.34. The van der Waals surface area contributed by atoms with Gasteiger partial charge in [-0.15, -0.1) is 0 Å². The zero-order chi connectivity index (χ0) is 24.7. The number of carbonyl (C=O) groups is 2. The Bertz CT molecular complexity index is 1160. The number of amides is 1. The molecule has 11 heteroatoms. The largest absolute Gasteiger partial charge is 0.504 e. The lowest BCUT2D eigenvalue weighted by molar-refractivity contribution is -0.148. The van der Waals surface area contributed by atoms with Crippen LogP contribution in [0, 0.1) is 0 Å². The van der Waals surface area contributed by atoms with Gasteiger partial charge in [0.05, 0.1) is 25.2 Å². The smallest absolute Gasteiger partial charge is 0.331 e. The van der Waals surface area contributed by atoms with Gasteiger partial charge in [0.2, 0.25) is 10.0 Å². The molecule has 1 amide bonds. The standard InChI is InChI=1S/C23H26N2O8S/c1-16(33-22(27)10-4-17-3-9-20(26)21(15-17)31-2)23(28)24-18-5-7-19(8-6-18)34(29,30)25-11-13-32-14-12-25/h3-10,15-16,26H,11-14H2,1-2H3,(H,24,28)/b10-4+. The van der Waals surface area contributed by atoms with Gasteiger partial charge in [-0.2, -0.15) is 4.31 Å². The number of hydrogen-bond acceptors (Lipinski definition) is 8. The van der Waals surface area contributed by atoms with E-state index in [2.05, 4.69) is 5.32 Å². The number of anilines is 1. The minimum atomic E-state index is -3.63. The Kier molecular flexibility index (Phi) is 8.26. The number of nitrogens with zero attached hydrogens (tertiary/aromatic N) is 1. The minimum absolute atomic E-state index is 0.0285. The topological polar surface area (TPSA) is 131 Å². The number of methoxy groups -OCH3 is 1. The number of phenolic OH excluding ortho intramolecular Hbond substituents is 1. The normalized spacial score (nSPS) is 15.6. The molecule has 1 fully saturated rings. The first-order chi connectivity index (χ1) is 16.2. The Balaban J connectivity index is 1.55.